The van der Waals surface area contributed by atoms with Gasteiger partial charge in [0.05, 0.1) is 17.6 Å². The second-order valence-electron chi connectivity index (χ2n) is 10.8. The Morgan fingerprint density at radius 1 is 1.07 bits per heavy atom. The summed E-state index contributed by atoms with van der Waals surface area (Å²) in [5, 5.41) is 10.9. The van der Waals surface area contributed by atoms with Crippen LogP contribution in [-0.2, 0) is 23.8 Å². The third-order valence-electron chi connectivity index (χ3n) is 7.02. The van der Waals surface area contributed by atoms with Crippen LogP contribution < -0.4 is 0 Å². The molecule has 0 amide bonds. The Morgan fingerprint density at radius 3 is 2.10 bits per heavy atom. The predicted octanol–water partition coefficient (Wildman–Crippen LogP) is 3.84. The van der Waals surface area contributed by atoms with Crippen molar-refractivity contribution in [1.82, 2.24) is 0 Å². The zero-order valence-electron chi connectivity index (χ0n) is 18.6. The van der Waals surface area contributed by atoms with Crippen LogP contribution in [0.15, 0.2) is 0 Å². The first-order valence-corrected chi connectivity index (χ1v) is 10.8. The summed E-state index contributed by atoms with van der Waals surface area (Å²) in [6, 6.07) is 0. The van der Waals surface area contributed by atoms with E-state index in [2.05, 4.69) is 0 Å². The van der Waals surface area contributed by atoms with Crippen LogP contribution in [0.4, 0.5) is 8.78 Å². The lowest BCUT2D eigenvalue weighted by Crippen LogP contribution is -2.60. The third kappa shape index (κ3) is 4.22. The van der Waals surface area contributed by atoms with Crippen LogP contribution >= 0.6 is 0 Å². The molecule has 1 N–H and O–H groups in total. The molecule has 172 valence electrons. The van der Waals surface area contributed by atoms with Gasteiger partial charge < -0.3 is 19.3 Å². The van der Waals surface area contributed by atoms with Crippen molar-refractivity contribution < 1.29 is 37.7 Å². The maximum atomic E-state index is 14.5. The maximum Gasteiger partial charge on any atom is 0.379 e. The number of esters is 2. The Kier molecular flexibility index (Phi) is 5.77. The van der Waals surface area contributed by atoms with Gasteiger partial charge in [0.2, 0.25) is 0 Å². The molecule has 0 aliphatic heterocycles. The summed E-state index contributed by atoms with van der Waals surface area (Å²) < 4.78 is 44.7. The molecule has 3 atom stereocenters. The minimum absolute atomic E-state index is 0.0138. The van der Waals surface area contributed by atoms with Crippen LogP contribution in [0.3, 0.4) is 0 Å². The zero-order chi connectivity index (χ0) is 22.6. The van der Waals surface area contributed by atoms with E-state index in [0.717, 1.165) is 13.3 Å². The maximum absolute atomic E-state index is 14.5. The summed E-state index contributed by atoms with van der Waals surface area (Å²) >= 11 is 0. The predicted molar refractivity (Wildman–Crippen MR) is 104 cm³/mol. The van der Waals surface area contributed by atoms with Gasteiger partial charge in [0.1, 0.15) is 6.61 Å². The first-order valence-electron chi connectivity index (χ1n) is 10.8. The summed E-state index contributed by atoms with van der Waals surface area (Å²) in [5.41, 5.74) is -3.22. The molecule has 4 rings (SSSR count). The first-order chi connectivity index (χ1) is 13.6. The minimum Gasteiger partial charge on any atom is -0.461 e. The second kappa shape index (κ2) is 7.40. The van der Waals surface area contributed by atoms with E-state index in [9.17, 15) is 23.5 Å². The molecule has 4 bridgehead atoms. The Hall–Kier alpha value is -1.28. The van der Waals surface area contributed by atoms with Crippen LogP contribution in [0.5, 0.6) is 0 Å². The van der Waals surface area contributed by atoms with E-state index in [0.29, 0.717) is 25.7 Å². The van der Waals surface area contributed by atoms with E-state index in [1.165, 1.54) is 20.8 Å². The molecule has 0 aromatic carbocycles. The van der Waals surface area contributed by atoms with E-state index in [-0.39, 0.29) is 24.9 Å². The molecular formula is C22H34F2O6. The van der Waals surface area contributed by atoms with Gasteiger partial charge in [-0.1, -0.05) is 20.8 Å². The number of hydrogen-bond acceptors (Lipinski definition) is 6. The highest BCUT2D eigenvalue weighted by atomic mass is 19.3. The van der Waals surface area contributed by atoms with Crippen molar-refractivity contribution >= 4 is 11.9 Å². The van der Waals surface area contributed by atoms with Gasteiger partial charge >= 0.3 is 17.7 Å². The quantitative estimate of drug-likeness (QED) is 0.486. The van der Waals surface area contributed by atoms with Gasteiger partial charge in [-0.05, 0) is 57.3 Å². The fraction of sp³-hybridized carbons (Fsp3) is 0.909. The monoisotopic (exact) mass is 432 g/mol. The van der Waals surface area contributed by atoms with Gasteiger partial charge in [-0.2, -0.15) is 0 Å². The average molecular weight is 433 g/mol. The van der Waals surface area contributed by atoms with Crippen molar-refractivity contribution in [3.8, 4) is 0 Å². The first kappa shape index (κ1) is 23.4. The summed E-state index contributed by atoms with van der Waals surface area (Å²) in [4.78, 5) is 25.8. The van der Waals surface area contributed by atoms with E-state index < -0.39 is 46.7 Å². The Balaban J connectivity index is 1.80. The molecule has 0 aromatic rings. The standard InChI is InChI=1S/C22H34F2O6/c1-6-28-16(25)19(5,29-13-22(23,24)18(2,3)4)30-17(26)20-8-14-7-15(9-20)11-21(27,10-14)12-20/h14-15,27H,6-13H2,1-5H3. The van der Waals surface area contributed by atoms with Crippen molar-refractivity contribution in [2.45, 2.75) is 90.5 Å². The molecule has 4 fully saturated rings. The van der Waals surface area contributed by atoms with E-state index in [4.69, 9.17) is 14.2 Å². The summed E-state index contributed by atoms with van der Waals surface area (Å²) in [7, 11) is 0. The Morgan fingerprint density at radius 2 is 1.63 bits per heavy atom. The molecule has 8 heteroatoms. The van der Waals surface area contributed by atoms with Crippen LogP contribution in [0.25, 0.3) is 0 Å². The number of hydrogen-bond donors (Lipinski definition) is 1. The van der Waals surface area contributed by atoms with Gasteiger partial charge in [0.15, 0.2) is 0 Å². The van der Waals surface area contributed by atoms with Crippen LogP contribution in [0.2, 0.25) is 0 Å². The van der Waals surface area contributed by atoms with E-state index in [1.54, 1.807) is 6.92 Å². The highest BCUT2D eigenvalue weighted by Gasteiger charge is 2.62. The molecule has 0 spiro atoms. The van der Waals surface area contributed by atoms with Gasteiger partial charge in [-0.3, -0.25) is 4.79 Å². The zero-order valence-corrected chi connectivity index (χ0v) is 18.6. The van der Waals surface area contributed by atoms with Crippen molar-refractivity contribution in [3.63, 3.8) is 0 Å². The smallest absolute Gasteiger partial charge is 0.379 e. The number of carbonyl (C=O) groups is 2. The summed E-state index contributed by atoms with van der Waals surface area (Å²) in [5.74, 6) is -6.79. The highest BCUT2D eigenvalue weighted by molar-refractivity contribution is 5.84. The van der Waals surface area contributed by atoms with Crippen LogP contribution in [-0.4, -0.2) is 47.6 Å². The second-order valence-corrected chi connectivity index (χ2v) is 10.8. The lowest BCUT2D eigenvalue weighted by Gasteiger charge is -2.59. The van der Waals surface area contributed by atoms with Gasteiger partial charge in [0.25, 0.3) is 5.92 Å². The number of alkyl halides is 2. The molecule has 4 aliphatic rings. The summed E-state index contributed by atoms with van der Waals surface area (Å²) in [6.45, 7) is 5.69. The fourth-order valence-corrected chi connectivity index (χ4v) is 5.58. The normalized spacial score (nSPS) is 35.1. The van der Waals surface area contributed by atoms with Crippen molar-refractivity contribution in [2.75, 3.05) is 13.2 Å². The van der Waals surface area contributed by atoms with Gasteiger partial charge in [-0.15, -0.1) is 0 Å². The van der Waals surface area contributed by atoms with Gasteiger partial charge in [0, 0.05) is 12.3 Å². The Bertz CT molecular complexity index is 686. The summed E-state index contributed by atoms with van der Waals surface area (Å²) in [6.07, 6.45) is 3.72. The van der Waals surface area contributed by atoms with Crippen molar-refractivity contribution in [2.24, 2.45) is 22.7 Å². The molecule has 3 unspecified atom stereocenters. The largest absolute Gasteiger partial charge is 0.461 e. The molecule has 0 radical (unpaired) electrons. The highest BCUT2D eigenvalue weighted by Crippen LogP contribution is 2.62. The number of carbonyl (C=O) groups excluding carboxylic acids is 2. The number of ether oxygens (including phenoxy) is 3. The molecule has 4 aliphatic carbocycles. The van der Waals surface area contributed by atoms with Crippen molar-refractivity contribution in [1.29, 1.82) is 0 Å². The molecule has 6 nitrogen and oxygen atoms in total. The Labute approximate surface area is 176 Å². The minimum atomic E-state index is -3.26. The number of halogens is 2. The molecule has 0 heterocycles. The van der Waals surface area contributed by atoms with Crippen LogP contribution in [0.1, 0.15) is 73.1 Å². The molecule has 30 heavy (non-hydrogen) atoms. The lowest BCUT2D eigenvalue weighted by atomic mass is 9.48. The molecular weight excluding hydrogens is 398 g/mol. The lowest BCUT2D eigenvalue weighted by molar-refractivity contribution is -0.272. The number of aliphatic hydroxyl groups is 1. The molecule has 0 saturated heterocycles. The van der Waals surface area contributed by atoms with E-state index >= 15 is 0 Å². The fourth-order valence-electron chi connectivity index (χ4n) is 5.58. The number of rotatable bonds is 7. The van der Waals surface area contributed by atoms with Crippen molar-refractivity contribution in [3.05, 3.63) is 0 Å². The van der Waals surface area contributed by atoms with Gasteiger partial charge in [-0.25, -0.2) is 13.6 Å². The topological polar surface area (TPSA) is 82.1 Å². The molecule has 4 saturated carbocycles. The SMILES string of the molecule is CCOC(=O)C(C)(OCC(F)(F)C(C)(C)C)OC(=O)C12CC3CC(CC(O)(C3)C1)C2. The van der Waals surface area contributed by atoms with Crippen LogP contribution in [0, 0.1) is 22.7 Å². The molecule has 0 aromatic heterocycles. The van der Waals surface area contributed by atoms with E-state index in [1.807, 2.05) is 0 Å². The average Bonchev–Trinajstić information content (AvgIpc) is 2.57. The third-order valence-corrected chi connectivity index (χ3v) is 7.02.